The van der Waals surface area contributed by atoms with Gasteiger partial charge in [0.2, 0.25) is 5.91 Å². The molecule has 11 heteroatoms. The molecule has 4 aromatic rings. The van der Waals surface area contributed by atoms with E-state index >= 15 is 0 Å². The Morgan fingerprint density at radius 1 is 1.19 bits per heavy atom. The van der Waals surface area contributed by atoms with Crippen molar-refractivity contribution in [3.05, 3.63) is 54.1 Å². The molecule has 1 N–H and O–H groups in total. The van der Waals surface area contributed by atoms with Gasteiger partial charge in [-0.05, 0) is 30.3 Å². The van der Waals surface area contributed by atoms with E-state index < -0.39 is 17.6 Å². The summed E-state index contributed by atoms with van der Waals surface area (Å²) in [6.07, 6.45) is -4.48. The third kappa shape index (κ3) is 4.42. The Bertz CT molecular complexity index is 1280. The number of furan rings is 1. The first-order valence-electron chi connectivity index (χ1n) is 9.32. The van der Waals surface area contributed by atoms with Crippen molar-refractivity contribution >= 4 is 34.3 Å². The molecule has 0 atom stereocenters. The van der Waals surface area contributed by atoms with E-state index in [-0.39, 0.29) is 11.4 Å². The van der Waals surface area contributed by atoms with Gasteiger partial charge in [-0.3, -0.25) is 4.79 Å². The summed E-state index contributed by atoms with van der Waals surface area (Å²) in [5, 5.41) is 12.0. The molecule has 2 heterocycles. The van der Waals surface area contributed by atoms with E-state index in [1.807, 2.05) is 18.2 Å². The van der Waals surface area contributed by atoms with E-state index in [1.54, 1.807) is 24.8 Å². The average Bonchev–Trinajstić information content (AvgIpc) is 3.34. The molecule has 0 aliphatic rings. The minimum Gasteiger partial charge on any atom is -0.493 e. The lowest BCUT2D eigenvalue weighted by Gasteiger charge is -2.09. The molecule has 0 bridgehead atoms. The second-order valence-corrected chi connectivity index (χ2v) is 7.71. The first-order chi connectivity index (χ1) is 15.3. The Morgan fingerprint density at radius 3 is 2.72 bits per heavy atom. The molecular weight excluding hydrogens is 445 g/mol. The smallest absolute Gasteiger partial charge is 0.416 e. The molecule has 1 amide bonds. The maximum atomic E-state index is 12.8. The predicted molar refractivity (Wildman–Crippen MR) is 114 cm³/mol. The molecular formula is C21H17F3N4O3S. The quantitative estimate of drug-likeness (QED) is 0.407. The van der Waals surface area contributed by atoms with Crippen LogP contribution in [0.15, 0.2) is 58.1 Å². The summed E-state index contributed by atoms with van der Waals surface area (Å²) >= 11 is 1.10. The molecule has 4 rings (SSSR count). The largest absolute Gasteiger partial charge is 0.493 e. The number of aromatic nitrogens is 3. The number of ether oxygens (including phenoxy) is 1. The summed E-state index contributed by atoms with van der Waals surface area (Å²) in [5.41, 5.74) is -0.175. The summed E-state index contributed by atoms with van der Waals surface area (Å²) in [6, 6.07) is 11.8. The Morgan fingerprint density at radius 2 is 1.97 bits per heavy atom. The van der Waals surface area contributed by atoms with E-state index in [4.69, 9.17) is 9.15 Å². The number of fused-ring (bicyclic) bond motifs is 1. The van der Waals surface area contributed by atoms with Crippen LogP contribution in [-0.4, -0.2) is 33.5 Å². The van der Waals surface area contributed by atoms with Gasteiger partial charge in [0, 0.05) is 18.1 Å². The summed E-state index contributed by atoms with van der Waals surface area (Å²) in [5.74, 6) is 1.02. The molecule has 166 valence electrons. The van der Waals surface area contributed by atoms with E-state index in [0.29, 0.717) is 28.1 Å². The molecule has 0 fully saturated rings. The summed E-state index contributed by atoms with van der Waals surface area (Å²) < 4.78 is 51.3. The van der Waals surface area contributed by atoms with Gasteiger partial charge in [-0.15, -0.1) is 10.2 Å². The highest BCUT2D eigenvalue weighted by atomic mass is 32.2. The van der Waals surface area contributed by atoms with E-state index in [9.17, 15) is 18.0 Å². The number of halogens is 3. The molecule has 0 aliphatic heterocycles. The fraction of sp³-hybridized carbons (Fsp3) is 0.190. The van der Waals surface area contributed by atoms with Crippen LogP contribution in [0.2, 0.25) is 0 Å². The van der Waals surface area contributed by atoms with Crippen molar-refractivity contribution in [2.75, 3.05) is 18.2 Å². The number of nitrogens with zero attached hydrogens (tertiary/aromatic N) is 3. The van der Waals surface area contributed by atoms with Crippen LogP contribution in [0.5, 0.6) is 5.75 Å². The molecule has 0 aliphatic carbocycles. The number of carbonyl (C=O) groups is 1. The van der Waals surface area contributed by atoms with Crippen molar-refractivity contribution < 1.29 is 27.1 Å². The number of alkyl halides is 3. The average molecular weight is 462 g/mol. The zero-order valence-corrected chi connectivity index (χ0v) is 17.8. The number of benzene rings is 2. The zero-order chi connectivity index (χ0) is 22.9. The molecule has 2 aromatic carbocycles. The molecule has 2 aromatic heterocycles. The highest BCUT2D eigenvalue weighted by molar-refractivity contribution is 7.99. The molecule has 7 nitrogen and oxygen atoms in total. The van der Waals surface area contributed by atoms with Crippen molar-refractivity contribution in [3.8, 4) is 17.3 Å². The van der Waals surface area contributed by atoms with Gasteiger partial charge in [0.1, 0.15) is 0 Å². The van der Waals surface area contributed by atoms with E-state index in [0.717, 1.165) is 29.3 Å². The van der Waals surface area contributed by atoms with Crippen LogP contribution in [0.25, 0.3) is 22.6 Å². The van der Waals surface area contributed by atoms with Gasteiger partial charge in [0.05, 0.1) is 18.4 Å². The van der Waals surface area contributed by atoms with Gasteiger partial charge in [-0.2, -0.15) is 13.2 Å². The predicted octanol–water partition coefficient (Wildman–Crippen LogP) is 4.99. The standard InChI is InChI=1S/C21H17F3N4O3S/c1-28-19(16-9-12-5-3-8-15(30-2)18(12)31-16)26-27-20(28)32-11-17(29)25-14-7-4-6-13(10-14)21(22,23)24/h3-10H,11H2,1-2H3,(H,25,29). The van der Waals surface area contributed by atoms with Crippen LogP contribution in [-0.2, 0) is 18.0 Å². The Labute approximate surface area is 184 Å². The van der Waals surface area contributed by atoms with Gasteiger partial charge >= 0.3 is 6.18 Å². The maximum Gasteiger partial charge on any atom is 0.416 e. The Balaban J connectivity index is 1.45. The van der Waals surface area contributed by atoms with Crippen molar-refractivity contribution in [1.82, 2.24) is 14.8 Å². The molecule has 32 heavy (non-hydrogen) atoms. The van der Waals surface area contributed by atoms with Gasteiger partial charge in [0.15, 0.2) is 28.1 Å². The summed E-state index contributed by atoms with van der Waals surface area (Å²) in [6.45, 7) is 0. The lowest BCUT2D eigenvalue weighted by atomic mass is 10.2. The van der Waals surface area contributed by atoms with Crippen LogP contribution in [0, 0.1) is 0 Å². The second kappa shape index (κ2) is 8.58. The number of anilines is 1. The minimum atomic E-state index is -4.48. The number of carbonyl (C=O) groups excluding carboxylic acids is 1. The maximum absolute atomic E-state index is 12.8. The van der Waals surface area contributed by atoms with Crippen molar-refractivity contribution in [1.29, 1.82) is 0 Å². The zero-order valence-electron chi connectivity index (χ0n) is 16.9. The fourth-order valence-electron chi connectivity index (χ4n) is 3.06. The Kier molecular flexibility index (Phi) is 5.83. The molecule has 0 saturated heterocycles. The van der Waals surface area contributed by atoms with Crippen molar-refractivity contribution in [2.24, 2.45) is 7.05 Å². The van der Waals surface area contributed by atoms with E-state index in [2.05, 4.69) is 15.5 Å². The topological polar surface area (TPSA) is 82.2 Å². The van der Waals surface area contributed by atoms with Crippen LogP contribution >= 0.6 is 11.8 Å². The first-order valence-corrected chi connectivity index (χ1v) is 10.3. The fourth-order valence-corrected chi connectivity index (χ4v) is 3.77. The summed E-state index contributed by atoms with van der Waals surface area (Å²) in [7, 11) is 3.28. The SMILES string of the molecule is COc1cccc2cc(-c3nnc(SCC(=O)Nc4cccc(C(F)(F)F)c4)n3C)oc12. The number of amides is 1. The first kappa shape index (κ1) is 21.8. The highest BCUT2D eigenvalue weighted by Crippen LogP contribution is 2.34. The van der Waals surface area contributed by atoms with Crippen LogP contribution < -0.4 is 10.1 Å². The monoisotopic (exact) mass is 462 g/mol. The molecule has 0 radical (unpaired) electrons. The number of methoxy groups -OCH3 is 1. The normalized spacial score (nSPS) is 11.7. The van der Waals surface area contributed by atoms with Crippen molar-refractivity contribution in [2.45, 2.75) is 11.3 Å². The third-order valence-electron chi connectivity index (χ3n) is 4.59. The van der Waals surface area contributed by atoms with Gasteiger partial charge in [-0.25, -0.2) is 0 Å². The summed E-state index contributed by atoms with van der Waals surface area (Å²) in [4.78, 5) is 12.2. The Hall–Kier alpha value is -3.47. The van der Waals surface area contributed by atoms with Crippen LogP contribution in [0.3, 0.4) is 0 Å². The van der Waals surface area contributed by atoms with Gasteiger partial charge in [-0.1, -0.05) is 30.0 Å². The van der Waals surface area contributed by atoms with Crippen LogP contribution in [0.4, 0.5) is 18.9 Å². The number of nitrogens with one attached hydrogen (secondary N) is 1. The second-order valence-electron chi connectivity index (χ2n) is 6.77. The number of rotatable bonds is 6. The van der Waals surface area contributed by atoms with Crippen molar-refractivity contribution in [3.63, 3.8) is 0 Å². The molecule has 0 unspecified atom stereocenters. The lowest BCUT2D eigenvalue weighted by molar-refractivity contribution is -0.137. The minimum absolute atomic E-state index is 0.0594. The highest BCUT2D eigenvalue weighted by Gasteiger charge is 2.30. The number of thioether (sulfide) groups is 1. The van der Waals surface area contributed by atoms with Gasteiger partial charge < -0.3 is 19.0 Å². The number of hydrogen-bond donors (Lipinski definition) is 1. The molecule has 0 spiro atoms. The number of para-hydroxylation sites is 1. The number of hydrogen-bond acceptors (Lipinski definition) is 6. The van der Waals surface area contributed by atoms with E-state index in [1.165, 1.54) is 12.1 Å². The third-order valence-corrected chi connectivity index (χ3v) is 5.61. The molecule has 0 saturated carbocycles. The van der Waals surface area contributed by atoms with Gasteiger partial charge in [0.25, 0.3) is 0 Å². The lowest BCUT2D eigenvalue weighted by Crippen LogP contribution is -2.15. The van der Waals surface area contributed by atoms with Crippen LogP contribution in [0.1, 0.15) is 5.56 Å².